The van der Waals surface area contributed by atoms with Crippen molar-refractivity contribution >= 4 is 5.91 Å². The summed E-state index contributed by atoms with van der Waals surface area (Å²) < 4.78 is 11.2. The van der Waals surface area contributed by atoms with E-state index in [2.05, 4.69) is 15.3 Å². The number of para-hydroxylation sites is 2. The highest BCUT2D eigenvalue weighted by molar-refractivity contribution is 5.93. The standard InChI is InChI=1S/C19H17N3O3/c1-24-16-6-2-3-7-17(16)25-19-15(5-4-10-21-19)13-22-18(23)14-8-11-20-12-9-14/h2-12H,13H2,1H3,(H,22,23). The topological polar surface area (TPSA) is 73.3 Å². The Bertz CT molecular complexity index is 853. The molecule has 0 aliphatic carbocycles. The molecule has 0 spiro atoms. The van der Waals surface area contributed by atoms with E-state index in [1.165, 1.54) is 0 Å². The quantitative estimate of drug-likeness (QED) is 0.749. The number of pyridine rings is 2. The number of hydrogen-bond donors (Lipinski definition) is 1. The average molecular weight is 335 g/mol. The first-order chi connectivity index (χ1) is 12.3. The maximum atomic E-state index is 12.2. The minimum absolute atomic E-state index is 0.186. The van der Waals surface area contributed by atoms with E-state index < -0.39 is 0 Å². The Balaban J connectivity index is 1.74. The second-order valence-electron chi connectivity index (χ2n) is 5.14. The molecule has 0 fully saturated rings. The lowest BCUT2D eigenvalue weighted by atomic mass is 10.2. The monoisotopic (exact) mass is 335 g/mol. The van der Waals surface area contributed by atoms with Gasteiger partial charge in [-0.3, -0.25) is 9.78 Å². The van der Waals surface area contributed by atoms with Gasteiger partial charge in [0.15, 0.2) is 11.5 Å². The summed E-state index contributed by atoms with van der Waals surface area (Å²) in [7, 11) is 1.58. The van der Waals surface area contributed by atoms with Gasteiger partial charge in [-0.15, -0.1) is 0 Å². The largest absolute Gasteiger partial charge is 0.493 e. The van der Waals surface area contributed by atoms with Crippen LogP contribution in [0.25, 0.3) is 0 Å². The number of carbonyl (C=O) groups is 1. The number of ether oxygens (including phenoxy) is 2. The maximum absolute atomic E-state index is 12.2. The third-order valence-electron chi connectivity index (χ3n) is 3.51. The van der Waals surface area contributed by atoms with Crippen LogP contribution < -0.4 is 14.8 Å². The van der Waals surface area contributed by atoms with E-state index in [0.29, 0.717) is 29.5 Å². The Kier molecular flexibility index (Phi) is 5.21. The molecule has 6 heteroatoms. The molecule has 0 saturated heterocycles. The lowest BCUT2D eigenvalue weighted by molar-refractivity contribution is 0.0950. The number of aromatic nitrogens is 2. The molecule has 6 nitrogen and oxygen atoms in total. The van der Waals surface area contributed by atoms with Crippen LogP contribution in [0.3, 0.4) is 0 Å². The molecule has 126 valence electrons. The molecular weight excluding hydrogens is 318 g/mol. The van der Waals surface area contributed by atoms with Crippen molar-refractivity contribution in [1.29, 1.82) is 0 Å². The fourth-order valence-electron chi connectivity index (χ4n) is 2.24. The van der Waals surface area contributed by atoms with Crippen molar-refractivity contribution in [2.24, 2.45) is 0 Å². The molecular formula is C19H17N3O3. The number of rotatable bonds is 6. The summed E-state index contributed by atoms with van der Waals surface area (Å²) in [4.78, 5) is 20.3. The molecule has 0 atom stereocenters. The van der Waals surface area contributed by atoms with Gasteiger partial charge in [0, 0.05) is 36.3 Å². The van der Waals surface area contributed by atoms with Gasteiger partial charge in [0.1, 0.15) is 0 Å². The minimum Gasteiger partial charge on any atom is -0.493 e. The molecule has 0 radical (unpaired) electrons. The van der Waals surface area contributed by atoms with Crippen molar-refractivity contribution in [3.05, 3.63) is 78.2 Å². The van der Waals surface area contributed by atoms with Crippen LogP contribution in [-0.4, -0.2) is 23.0 Å². The second kappa shape index (κ2) is 7.92. The molecule has 1 amide bonds. The molecule has 0 aliphatic rings. The second-order valence-corrected chi connectivity index (χ2v) is 5.14. The summed E-state index contributed by atoms with van der Waals surface area (Å²) in [6.07, 6.45) is 4.79. The van der Waals surface area contributed by atoms with Gasteiger partial charge in [-0.25, -0.2) is 4.98 Å². The van der Waals surface area contributed by atoms with Crippen LogP contribution in [0.1, 0.15) is 15.9 Å². The number of nitrogens with one attached hydrogen (secondary N) is 1. The van der Waals surface area contributed by atoms with Crippen molar-refractivity contribution in [1.82, 2.24) is 15.3 Å². The van der Waals surface area contributed by atoms with E-state index in [-0.39, 0.29) is 5.91 Å². The number of amides is 1. The Morgan fingerprint density at radius 2 is 1.76 bits per heavy atom. The summed E-state index contributed by atoms with van der Waals surface area (Å²) in [6, 6.07) is 14.3. The third kappa shape index (κ3) is 4.11. The summed E-state index contributed by atoms with van der Waals surface area (Å²) >= 11 is 0. The van der Waals surface area contributed by atoms with E-state index in [4.69, 9.17) is 9.47 Å². The van der Waals surface area contributed by atoms with Gasteiger partial charge >= 0.3 is 0 Å². The van der Waals surface area contributed by atoms with Crippen LogP contribution in [-0.2, 0) is 6.54 Å². The van der Waals surface area contributed by atoms with E-state index in [1.807, 2.05) is 24.3 Å². The lowest BCUT2D eigenvalue weighted by Gasteiger charge is -2.13. The Labute approximate surface area is 145 Å². The molecule has 0 unspecified atom stereocenters. The van der Waals surface area contributed by atoms with Crippen molar-refractivity contribution in [3.63, 3.8) is 0 Å². The maximum Gasteiger partial charge on any atom is 0.251 e. The van der Waals surface area contributed by atoms with Crippen molar-refractivity contribution in [2.45, 2.75) is 6.54 Å². The Hall–Kier alpha value is -3.41. The van der Waals surface area contributed by atoms with E-state index in [9.17, 15) is 4.79 Å². The highest BCUT2D eigenvalue weighted by Gasteiger charge is 2.11. The number of hydrogen-bond acceptors (Lipinski definition) is 5. The molecule has 0 aliphatic heterocycles. The zero-order valence-electron chi connectivity index (χ0n) is 13.7. The van der Waals surface area contributed by atoms with E-state index in [0.717, 1.165) is 5.56 Å². The van der Waals surface area contributed by atoms with Gasteiger partial charge in [0.2, 0.25) is 5.88 Å². The highest BCUT2D eigenvalue weighted by Crippen LogP contribution is 2.31. The molecule has 3 rings (SSSR count). The highest BCUT2D eigenvalue weighted by atomic mass is 16.5. The zero-order valence-corrected chi connectivity index (χ0v) is 13.7. The summed E-state index contributed by atoms with van der Waals surface area (Å²) in [6.45, 7) is 0.291. The van der Waals surface area contributed by atoms with Crippen molar-refractivity contribution < 1.29 is 14.3 Å². The predicted octanol–water partition coefficient (Wildman–Crippen LogP) is 3.21. The zero-order chi connectivity index (χ0) is 17.5. The predicted molar refractivity (Wildman–Crippen MR) is 92.7 cm³/mol. The van der Waals surface area contributed by atoms with Gasteiger partial charge in [0.05, 0.1) is 7.11 Å². The van der Waals surface area contributed by atoms with Crippen LogP contribution in [0.15, 0.2) is 67.1 Å². The third-order valence-corrected chi connectivity index (χ3v) is 3.51. The minimum atomic E-state index is -0.186. The fourth-order valence-corrected chi connectivity index (χ4v) is 2.24. The molecule has 25 heavy (non-hydrogen) atoms. The SMILES string of the molecule is COc1ccccc1Oc1ncccc1CNC(=O)c1ccncc1. The van der Waals surface area contributed by atoms with E-state index >= 15 is 0 Å². The molecule has 2 aromatic heterocycles. The van der Waals surface area contributed by atoms with Gasteiger partial charge in [-0.05, 0) is 30.3 Å². The molecule has 1 N–H and O–H groups in total. The molecule has 1 aromatic carbocycles. The van der Waals surface area contributed by atoms with Gasteiger partial charge < -0.3 is 14.8 Å². The Morgan fingerprint density at radius 3 is 2.52 bits per heavy atom. The van der Waals surface area contributed by atoms with Crippen LogP contribution in [0, 0.1) is 0 Å². The molecule has 2 heterocycles. The number of carbonyl (C=O) groups excluding carboxylic acids is 1. The summed E-state index contributed by atoms with van der Waals surface area (Å²) in [5.74, 6) is 1.40. The first-order valence-corrected chi connectivity index (χ1v) is 7.71. The van der Waals surface area contributed by atoms with Gasteiger partial charge in [-0.2, -0.15) is 0 Å². The van der Waals surface area contributed by atoms with Crippen LogP contribution >= 0.6 is 0 Å². The summed E-state index contributed by atoms with van der Waals surface area (Å²) in [5.41, 5.74) is 1.31. The molecule has 0 saturated carbocycles. The number of benzene rings is 1. The first kappa shape index (κ1) is 16.4. The van der Waals surface area contributed by atoms with Crippen LogP contribution in [0.2, 0.25) is 0 Å². The first-order valence-electron chi connectivity index (χ1n) is 7.71. The van der Waals surface area contributed by atoms with Crippen molar-refractivity contribution in [2.75, 3.05) is 7.11 Å². The summed E-state index contributed by atoms with van der Waals surface area (Å²) in [5, 5.41) is 2.85. The normalized spacial score (nSPS) is 10.1. The van der Waals surface area contributed by atoms with E-state index in [1.54, 1.807) is 50.0 Å². The molecule has 0 bridgehead atoms. The fraction of sp³-hybridized carbons (Fsp3) is 0.105. The van der Waals surface area contributed by atoms with Crippen molar-refractivity contribution in [3.8, 4) is 17.4 Å². The van der Waals surface area contributed by atoms with Crippen LogP contribution in [0.4, 0.5) is 0 Å². The van der Waals surface area contributed by atoms with Gasteiger partial charge in [0.25, 0.3) is 5.91 Å². The lowest BCUT2D eigenvalue weighted by Crippen LogP contribution is -2.23. The number of nitrogens with zero attached hydrogens (tertiary/aromatic N) is 2. The smallest absolute Gasteiger partial charge is 0.251 e. The number of methoxy groups -OCH3 is 1. The van der Waals surface area contributed by atoms with Gasteiger partial charge in [-0.1, -0.05) is 18.2 Å². The Morgan fingerprint density at radius 1 is 1.00 bits per heavy atom. The van der Waals surface area contributed by atoms with Crippen LogP contribution in [0.5, 0.6) is 17.4 Å². The molecule has 3 aromatic rings. The average Bonchev–Trinajstić information content (AvgIpc) is 2.68.